The molecule has 0 saturated carbocycles. The molecule has 0 spiro atoms. The van der Waals surface area contributed by atoms with Crippen molar-refractivity contribution in [1.29, 1.82) is 5.26 Å². The van der Waals surface area contributed by atoms with Crippen LogP contribution in [0.2, 0.25) is 0 Å². The van der Waals surface area contributed by atoms with Gasteiger partial charge in [-0.3, -0.25) is 4.90 Å². The van der Waals surface area contributed by atoms with E-state index in [1.807, 2.05) is 28.8 Å². The number of aryl methyl sites for hydroxylation is 1. The molecule has 1 aliphatic heterocycles. The Balaban J connectivity index is 1.63. The van der Waals surface area contributed by atoms with E-state index in [-0.39, 0.29) is 0 Å². The summed E-state index contributed by atoms with van der Waals surface area (Å²) >= 11 is 0. The summed E-state index contributed by atoms with van der Waals surface area (Å²) in [7, 11) is 0. The van der Waals surface area contributed by atoms with Crippen molar-refractivity contribution < 1.29 is 0 Å². The maximum atomic E-state index is 9.53. The second-order valence-electron chi connectivity index (χ2n) is 6.20. The first-order valence-corrected chi connectivity index (χ1v) is 7.91. The third-order valence-corrected chi connectivity index (χ3v) is 4.81. The Morgan fingerprint density at radius 3 is 2.96 bits per heavy atom. The molecule has 0 saturated heterocycles. The van der Waals surface area contributed by atoms with Crippen LogP contribution in [-0.4, -0.2) is 25.4 Å². The lowest BCUT2D eigenvalue weighted by molar-refractivity contribution is 0.207. The first kappa shape index (κ1) is 14.0. The smallest absolute Gasteiger partial charge is 0.123 e. The molecule has 0 fully saturated rings. The van der Waals surface area contributed by atoms with Gasteiger partial charge in [-0.1, -0.05) is 6.07 Å². The fraction of sp³-hybridized carbons (Fsp3) is 0.333. The van der Waals surface area contributed by atoms with Crippen molar-refractivity contribution in [2.75, 3.05) is 6.54 Å². The Bertz CT molecular complexity index is 925. The highest BCUT2D eigenvalue weighted by Gasteiger charge is 2.22. The van der Waals surface area contributed by atoms with Gasteiger partial charge in [0.15, 0.2) is 0 Å². The van der Waals surface area contributed by atoms with Gasteiger partial charge in [-0.15, -0.1) is 0 Å². The molecule has 1 aliphatic rings. The molecule has 0 radical (unpaired) electrons. The molecule has 4 rings (SSSR count). The second kappa shape index (κ2) is 5.25. The number of fused-ring (bicyclic) bond motifs is 2. The molecule has 5 heteroatoms. The maximum Gasteiger partial charge on any atom is 0.123 e. The number of nitrogens with zero attached hydrogens (tertiary/aromatic N) is 5. The Morgan fingerprint density at radius 2 is 2.13 bits per heavy atom. The van der Waals surface area contributed by atoms with Gasteiger partial charge in [-0.25, -0.2) is 4.98 Å². The van der Waals surface area contributed by atoms with Gasteiger partial charge in [-0.05, 0) is 26.0 Å². The van der Waals surface area contributed by atoms with Crippen LogP contribution in [0, 0.1) is 25.2 Å². The lowest BCUT2D eigenvalue weighted by Crippen LogP contribution is -2.33. The molecule has 0 aliphatic carbocycles. The highest BCUT2D eigenvalue weighted by Crippen LogP contribution is 2.22. The molecule has 3 aromatic rings. The molecule has 23 heavy (non-hydrogen) atoms. The van der Waals surface area contributed by atoms with Crippen LogP contribution < -0.4 is 0 Å². The number of pyridine rings is 1. The fourth-order valence-electron chi connectivity index (χ4n) is 3.46. The Labute approximate surface area is 135 Å². The Hall–Kier alpha value is -2.58. The van der Waals surface area contributed by atoms with Crippen molar-refractivity contribution in [3.8, 4) is 6.07 Å². The maximum absolute atomic E-state index is 9.53. The lowest BCUT2D eigenvalue weighted by atomic mass is 10.1. The number of imidazole rings is 1. The zero-order chi connectivity index (χ0) is 16.0. The Kier molecular flexibility index (Phi) is 3.21. The topological polar surface area (TPSA) is 49.3 Å². The van der Waals surface area contributed by atoms with Crippen LogP contribution in [0.15, 0.2) is 30.6 Å². The quantitative estimate of drug-likeness (QED) is 0.731. The van der Waals surface area contributed by atoms with Crippen LogP contribution in [-0.2, 0) is 19.6 Å². The highest BCUT2D eigenvalue weighted by molar-refractivity contribution is 5.65. The summed E-state index contributed by atoms with van der Waals surface area (Å²) in [6.45, 7) is 7.79. The number of hydrogen-bond acceptors (Lipinski definition) is 3. The molecule has 0 unspecified atom stereocenters. The number of hydrogen-bond donors (Lipinski definition) is 0. The molecule has 4 heterocycles. The van der Waals surface area contributed by atoms with Crippen LogP contribution in [0.3, 0.4) is 0 Å². The molecule has 0 aromatic carbocycles. The minimum atomic E-state index is 0.784. The summed E-state index contributed by atoms with van der Waals surface area (Å²) in [4.78, 5) is 7.05. The summed E-state index contributed by atoms with van der Waals surface area (Å²) in [6, 6.07) is 8.33. The molecular weight excluding hydrogens is 286 g/mol. The van der Waals surface area contributed by atoms with E-state index in [4.69, 9.17) is 0 Å². The van der Waals surface area contributed by atoms with Gasteiger partial charge in [0.05, 0.1) is 23.3 Å². The zero-order valence-corrected chi connectivity index (χ0v) is 13.5. The SMILES string of the molecule is Cc1nc2n(c1C)CCN(Cc1cn3ccccc3c1C#N)C2. The van der Waals surface area contributed by atoms with Gasteiger partial charge in [0.2, 0.25) is 0 Å². The van der Waals surface area contributed by atoms with Crippen LogP contribution >= 0.6 is 0 Å². The van der Waals surface area contributed by atoms with E-state index in [0.717, 1.165) is 54.3 Å². The van der Waals surface area contributed by atoms with Gasteiger partial charge >= 0.3 is 0 Å². The summed E-state index contributed by atoms with van der Waals surface area (Å²) in [6.07, 6.45) is 4.07. The van der Waals surface area contributed by atoms with Crippen molar-refractivity contribution >= 4 is 5.52 Å². The normalized spacial score (nSPS) is 14.8. The summed E-state index contributed by atoms with van der Waals surface area (Å²) < 4.78 is 4.35. The molecule has 0 bridgehead atoms. The minimum absolute atomic E-state index is 0.784. The molecule has 0 N–H and O–H groups in total. The highest BCUT2D eigenvalue weighted by atomic mass is 15.2. The number of nitriles is 1. The molecule has 116 valence electrons. The van der Waals surface area contributed by atoms with Crippen LogP contribution in [0.4, 0.5) is 0 Å². The van der Waals surface area contributed by atoms with Crippen molar-refractivity contribution in [2.24, 2.45) is 0 Å². The zero-order valence-electron chi connectivity index (χ0n) is 13.5. The molecule has 3 aromatic heterocycles. The largest absolute Gasteiger partial charge is 0.330 e. The van der Waals surface area contributed by atoms with E-state index < -0.39 is 0 Å². The summed E-state index contributed by atoms with van der Waals surface area (Å²) in [5, 5.41) is 9.53. The van der Waals surface area contributed by atoms with E-state index in [9.17, 15) is 5.26 Å². The van der Waals surface area contributed by atoms with E-state index in [1.54, 1.807) is 0 Å². The predicted molar refractivity (Wildman–Crippen MR) is 87.9 cm³/mol. The van der Waals surface area contributed by atoms with Crippen molar-refractivity contribution in [3.05, 3.63) is 58.9 Å². The third kappa shape index (κ3) is 2.23. The van der Waals surface area contributed by atoms with E-state index in [2.05, 4.69) is 40.6 Å². The standard InChI is InChI=1S/C18H19N5/c1-13-14(2)23-8-7-21(12-18(23)20-13)10-15-11-22-6-4-3-5-17(22)16(15)9-19/h3-6,11H,7-8,10,12H2,1-2H3. The Morgan fingerprint density at radius 1 is 1.26 bits per heavy atom. The van der Waals surface area contributed by atoms with Gasteiger partial charge < -0.3 is 8.97 Å². The molecule has 0 amide bonds. The van der Waals surface area contributed by atoms with E-state index in [1.165, 1.54) is 5.69 Å². The first-order chi connectivity index (χ1) is 11.2. The van der Waals surface area contributed by atoms with E-state index >= 15 is 0 Å². The lowest BCUT2D eigenvalue weighted by Gasteiger charge is -2.28. The minimum Gasteiger partial charge on any atom is -0.330 e. The third-order valence-electron chi connectivity index (χ3n) is 4.81. The second-order valence-corrected chi connectivity index (χ2v) is 6.20. The van der Waals surface area contributed by atoms with Crippen molar-refractivity contribution in [3.63, 3.8) is 0 Å². The summed E-state index contributed by atoms with van der Waals surface area (Å²) in [5.41, 5.74) is 5.25. The van der Waals surface area contributed by atoms with Gasteiger partial charge in [0.1, 0.15) is 11.9 Å². The fourth-order valence-corrected chi connectivity index (χ4v) is 3.46. The van der Waals surface area contributed by atoms with E-state index in [0.29, 0.717) is 0 Å². The average molecular weight is 305 g/mol. The predicted octanol–water partition coefficient (Wildman–Crippen LogP) is 2.64. The number of aromatic nitrogens is 3. The van der Waals surface area contributed by atoms with Gasteiger partial charge in [0, 0.05) is 43.3 Å². The van der Waals surface area contributed by atoms with Crippen LogP contribution in [0.5, 0.6) is 0 Å². The van der Waals surface area contributed by atoms with Crippen LogP contribution in [0.25, 0.3) is 5.52 Å². The molecule has 0 atom stereocenters. The van der Waals surface area contributed by atoms with Crippen molar-refractivity contribution in [2.45, 2.75) is 33.5 Å². The molecular formula is C18H19N5. The van der Waals surface area contributed by atoms with Gasteiger partial charge in [-0.2, -0.15) is 5.26 Å². The number of rotatable bonds is 2. The average Bonchev–Trinajstić information content (AvgIpc) is 3.04. The van der Waals surface area contributed by atoms with Crippen LogP contribution in [0.1, 0.15) is 28.3 Å². The monoisotopic (exact) mass is 305 g/mol. The van der Waals surface area contributed by atoms with Crippen molar-refractivity contribution in [1.82, 2.24) is 18.9 Å². The molecule has 5 nitrogen and oxygen atoms in total. The first-order valence-electron chi connectivity index (χ1n) is 7.91. The summed E-state index contributed by atoms with van der Waals surface area (Å²) in [5.74, 6) is 1.13. The van der Waals surface area contributed by atoms with Gasteiger partial charge in [0.25, 0.3) is 0 Å².